The Hall–Kier alpha value is -3.22. The highest BCUT2D eigenvalue weighted by Crippen LogP contribution is 2.20. The molecule has 0 radical (unpaired) electrons. The maximum Gasteiger partial charge on any atom is 0.251 e. The van der Waals surface area contributed by atoms with Crippen LogP contribution in [0.5, 0.6) is 5.75 Å². The minimum Gasteiger partial charge on any atom is -0.497 e. The summed E-state index contributed by atoms with van der Waals surface area (Å²) in [6, 6.07) is 17.4. The number of carbonyl (C=O) groups is 1. The lowest BCUT2D eigenvalue weighted by Gasteiger charge is -2.37. The third-order valence-electron chi connectivity index (χ3n) is 5.05. The number of guanidine groups is 1. The van der Waals surface area contributed by atoms with Gasteiger partial charge in [-0.2, -0.15) is 0 Å². The molecule has 1 fully saturated rings. The van der Waals surface area contributed by atoms with Crippen LogP contribution in [-0.4, -0.2) is 69.7 Å². The van der Waals surface area contributed by atoms with Crippen molar-refractivity contribution >= 4 is 17.6 Å². The molecule has 1 aliphatic heterocycles. The van der Waals surface area contributed by atoms with E-state index in [-0.39, 0.29) is 5.91 Å². The number of benzene rings is 2. The lowest BCUT2D eigenvalue weighted by molar-refractivity contribution is 0.0955. The van der Waals surface area contributed by atoms with E-state index in [1.165, 1.54) is 5.69 Å². The standard InChI is InChI=1S/C23H31N5O2/c1-3-24-23(26-14-13-25-22(29)19-7-5-4-6-8-19)28-17-15-27(16-18-28)20-9-11-21(30-2)12-10-20/h4-12H,3,13-18H2,1-2H3,(H,24,26)(H,25,29). The number of rotatable bonds is 7. The van der Waals surface area contributed by atoms with Crippen molar-refractivity contribution in [2.75, 3.05) is 57.8 Å². The van der Waals surface area contributed by atoms with Gasteiger partial charge < -0.3 is 25.2 Å². The number of hydrogen-bond donors (Lipinski definition) is 2. The van der Waals surface area contributed by atoms with Crippen LogP contribution in [0, 0.1) is 0 Å². The Balaban J connectivity index is 1.49. The van der Waals surface area contributed by atoms with Gasteiger partial charge >= 0.3 is 0 Å². The minimum atomic E-state index is -0.0658. The molecule has 0 saturated carbocycles. The SMILES string of the molecule is CCNC(=NCCNC(=O)c1ccccc1)N1CCN(c2ccc(OC)cc2)CC1. The maximum absolute atomic E-state index is 12.1. The first-order chi connectivity index (χ1) is 14.7. The Morgan fingerprint density at radius 2 is 1.70 bits per heavy atom. The average molecular weight is 410 g/mol. The number of hydrogen-bond acceptors (Lipinski definition) is 4. The second kappa shape index (κ2) is 11.1. The van der Waals surface area contributed by atoms with E-state index in [0.29, 0.717) is 18.7 Å². The first kappa shape index (κ1) is 21.5. The van der Waals surface area contributed by atoms with Gasteiger partial charge in [-0.1, -0.05) is 18.2 Å². The Morgan fingerprint density at radius 1 is 1.00 bits per heavy atom. The van der Waals surface area contributed by atoms with E-state index >= 15 is 0 Å². The largest absolute Gasteiger partial charge is 0.497 e. The molecular formula is C23H31N5O2. The van der Waals surface area contributed by atoms with Crippen LogP contribution in [0.2, 0.25) is 0 Å². The molecule has 2 N–H and O–H groups in total. The molecule has 30 heavy (non-hydrogen) atoms. The summed E-state index contributed by atoms with van der Waals surface area (Å²) in [6.45, 7) is 7.59. The van der Waals surface area contributed by atoms with Gasteiger partial charge in [0.25, 0.3) is 5.91 Å². The molecule has 1 saturated heterocycles. The van der Waals surface area contributed by atoms with Crippen LogP contribution < -0.4 is 20.3 Å². The highest BCUT2D eigenvalue weighted by atomic mass is 16.5. The summed E-state index contributed by atoms with van der Waals surface area (Å²) in [6.07, 6.45) is 0. The van der Waals surface area contributed by atoms with Crippen LogP contribution in [0.3, 0.4) is 0 Å². The zero-order valence-corrected chi connectivity index (χ0v) is 17.8. The van der Waals surface area contributed by atoms with E-state index < -0.39 is 0 Å². The number of aliphatic imine (C=N–C) groups is 1. The summed E-state index contributed by atoms with van der Waals surface area (Å²) in [5.74, 6) is 1.71. The van der Waals surface area contributed by atoms with Gasteiger partial charge in [-0.05, 0) is 43.3 Å². The van der Waals surface area contributed by atoms with E-state index in [1.54, 1.807) is 7.11 Å². The van der Waals surface area contributed by atoms with Crippen LogP contribution in [0.15, 0.2) is 59.6 Å². The Kier molecular flexibility index (Phi) is 7.94. The monoisotopic (exact) mass is 409 g/mol. The van der Waals surface area contributed by atoms with Gasteiger partial charge in [0.15, 0.2) is 5.96 Å². The molecule has 1 heterocycles. The van der Waals surface area contributed by atoms with Crippen molar-refractivity contribution < 1.29 is 9.53 Å². The van der Waals surface area contributed by atoms with Crippen molar-refractivity contribution in [2.24, 2.45) is 4.99 Å². The van der Waals surface area contributed by atoms with Crippen LogP contribution in [0.4, 0.5) is 5.69 Å². The maximum atomic E-state index is 12.1. The van der Waals surface area contributed by atoms with Gasteiger partial charge in [-0.25, -0.2) is 0 Å². The molecular weight excluding hydrogens is 378 g/mol. The third kappa shape index (κ3) is 5.89. The predicted molar refractivity (Wildman–Crippen MR) is 122 cm³/mol. The summed E-state index contributed by atoms with van der Waals surface area (Å²) >= 11 is 0. The topological polar surface area (TPSA) is 69.2 Å². The molecule has 0 aromatic heterocycles. The first-order valence-corrected chi connectivity index (χ1v) is 10.5. The number of nitrogens with zero attached hydrogens (tertiary/aromatic N) is 3. The van der Waals surface area contributed by atoms with Crippen molar-refractivity contribution in [3.05, 3.63) is 60.2 Å². The number of nitrogens with one attached hydrogen (secondary N) is 2. The summed E-state index contributed by atoms with van der Waals surface area (Å²) in [7, 11) is 1.68. The number of amides is 1. The lowest BCUT2D eigenvalue weighted by Crippen LogP contribution is -2.52. The summed E-state index contributed by atoms with van der Waals surface area (Å²) in [5, 5.41) is 6.30. The summed E-state index contributed by atoms with van der Waals surface area (Å²) < 4.78 is 5.24. The van der Waals surface area contributed by atoms with E-state index in [2.05, 4.69) is 39.5 Å². The molecule has 0 unspecified atom stereocenters. The highest BCUT2D eigenvalue weighted by molar-refractivity contribution is 5.94. The molecule has 0 aliphatic carbocycles. The van der Waals surface area contributed by atoms with Crippen LogP contribution in [0.1, 0.15) is 17.3 Å². The second-order valence-electron chi connectivity index (χ2n) is 7.03. The van der Waals surface area contributed by atoms with Crippen LogP contribution in [-0.2, 0) is 0 Å². The number of anilines is 1. The molecule has 0 atom stereocenters. The van der Waals surface area contributed by atoms with Gasteiger partial charge in [0, 0.05) is 50.5 Å². The molecule has 2 aromatic rings. The fourth-order valence-corrected chi connectivity index (χ4v) is 3.42. The van der Waals surface area contributed by atoms with Gasteiger partial charge in [0.1, 0.15) is 5.75 Å². The lowest BCUT2D eigenvalue weighted by atomic mass is 10.2. The van der Waals surface area contributed by atoms with Crippen molar-refractivity contribution in [3.8, 4) is 5.75 Å². The smallest absolute Gasteiger partial charge is 0.251 e. The first-order valence-electron chi connectivity index (χ1n) is 10.5. The van der Waals surface area contributed by atoms with Gasteiger partial charge in [-0.3, -0.25) is 9.79 Å². The van der Waals surface area contributed by atoms with E-state index in [9.17, 15) is 4.79 Å². The molecule has 7 nitrogen and oxygen atoms in total. The van der Waals surface area contributed by atoms with E-state index in [1.807, 2.05) is 42.5 Å². The normalized spacial score (nSPS) is 14.4. The number of piperazine rings is 1. The number of methoxy groups -OCH3 is 1. The molecule has 7 heteroatoms. The van der Waals surface area contributed by atoms with Crippen LogP contribution in [0.25, 0.3) is 0 Å². The zero-order valence-electron chi connectivity index (χ0n) is 17.8. The van der Waals surface area contributed by atoms with Crippen molar-refractivity contribution in [1.82, 2.24) is 15.5 Å². The fraction of sp³-hybridized carbons (Fsp3) is 0.391. The summed E-state index contributed by atoms with van der Waals surface area (Å²) in [4.78, 5) is 21.5. The zero-order chi connectivity index (χ0) is 21.2. The second-order valence-corrected chi connectivity index (χ2v) is 7.03. The number of ether oxygens (including phenoxy) is 1. The van der Waals surface area contributed by atoms with E-state index in [0.717, 1.165) is 44.4 Å². The molecule has 1 amide bonds. The van der Waals surface area contributed by atoms with Gasteiger partial charge in [0.2, 0.25) is 0 Å². The number of carbonyl (C=O) groups excluding carboxylic acids is 1. The molecule has 0 bridgehead atoms. The van der Waals surface area contributed by atoms with Gasteiger partial charge in [0.05, 0.1) is 13.7 Å². The molecule has 2 aromatic carbocycles. The van der Waals surface area contributed by atoms with Crippen LogP contribution >= 0.6 is 0 Å². The third-order valence-corrected chi connectivity index (χ3v) is 5.05. The van der Waals surface area contributed by atoms with Crippen molar-refractivity contribution in [3.63, 3.8) is 0 Å². The predicted octanol–water partition coefficient (Wildman–Crippen LogP) is 2.21. The van der Waals surface area contributed by atoms with Crippen molar-refractivity contribution in [1.29, 1.82) is 0 Å². The van der Waals surface area contributed by atoms with Crippen molar-refractivity contribution in [2.45, 2.75) is 6.92 Å². The Bertz CT molecular complexity index is 815. The molecule has 1 aliphatic rings. The quantitative estimate of drug-likeness (QED) is 0.417. The highest BCUT2D eigenvalue weighted by Gasteiger charge is 2.19. The fourth-order valence-electron chi connectivity index (χ4n) is 3.42. The molecule has 160 valence electrons. The summed E-state index contributed by atoms with van der Waals surface area (Å²) in [5.41, 5.74) is 1.88. The average Bonchev–Trinajstić information content (AvgIpc) is 2.81. The minimum absolute atomic E-state index is 0.0658. The Labute approximate surface area is 178 Å². The van der Waals surface area contributed by atoms with Gasteiger partial charge in [-0.15, -0.1) is 0 Å². The molecule has 3 rings (SSSR count). The van der Waals surface area contributed by atoms with E-state index in [4.69, 9.17) is 9.73 Å². The molecule has 0 spiro atoms. The Morgan fingerprint density at radius 3 is 2.33 bits per heavy atom.